The highest BCUT2D eigenvalue weighted by atomic mass is 16.6. The molecular formula is C19H24N6O3. The largest absolute Gasteiger partial charge is 0.355 e. The van der Waals surface area contributed by atoms with Gasteiger partial charge in [0.05, 0.1) is 11.5 Å². The van der Waals surface area contributed by atoms with Crippen LogP contribution in [0, 0.1) is 17.0 Å². The number of hydrogen-bond donors (Lipinski definition) is 1. The fourth-order valence-electron chi connectivity index (χ4n) is 3.19. The van der Waals surface area contributed by atoms with Crippen molar-refractivity contribution >= 4 is 17.4 Å². The van der Waals surface area contributed by atoms with Gasteiger partial charge in [-0.1, -0.05) is 12.1 Å². The number of rotatable bonds is 6. The molecule has 148 valence electrons. The minimum atomic E-state index is -0.422. The van der Waals surface area contributed by atoms with Gasteiger partial charge in [-0.05, 0) is 13.8 Å². The van der Waals surface area contributed by atoms with E-state index in [1.165, 1.54) is 12.1 Å². The molecule has 0 bridgehead atoms. The number of nitro groups is 1. The van der Waals surface area contributed by atoms with Gasteiger partial charge in [-0.3, -0.25) is 19.8 Å². The Hall–Kier alpha value is -3.07. The summed E-state index contributed by atoms with van der Waals surface area (Å²) in [6, 6.07) is 8.27. The molecule has 1 saturated heterocycles. The molecule has 9 nitrogen and oxygen atoms in total. The van der Waals surface area contributed by atoms with Crippen LogP contribution >= 0.6 is 0 Å². The molecule has 1 aliphatic heterocycles. The number of likely N-dealkylation sites (N-methyl/N-ethyl adjacent to an activating group) is 1. The van der Waals surface area contributed by atoms with Gasteiger partial charge in [0.2, 0.25) is 5.91 Å². The minimum Gasteiger partial charge on any atom is -0.355 e. The van der Waals surface area contributed by atoms with E-state index in [4.69, 9.17) is 0 Å². The van der Waals surface area contributed by atoms with E-state index in [9.17, 15) is 14.9 Å². The second-order valence-corrected chi connectivity index (χ2v) is 6.72. The molecule has 0 saturated carbocycles. The molecule has 0 atom stereocenters. The molecule has 9 heteroatoms. The first-order valence-electron chi connectivity index (χ1n) is 9.30. The highest BCUT2D eigenvalue weighted by Crippen LogP contribution is 2.24. The van der Waals surface area contributed by atoms with Crippen molar-refractivity contribution in [2.75, 3.05) is 44.2 Å². The number of piperazine rings is 1. The molecule has 28 heavy (non-hydrogen) atoms. The molecule has 0 aliphatic carbocycles. The SMILES string of the molecule is CCNC(=O)CN1CCN(c2cc(C)nc(-c3cccc([N+](=O)[O-])c3)n2)CC1. The van der Waals surface area contributed by atoms with Crippen LogP contribution in [0.1, 0.15) is 12.6 Å². The maximum atomic E-state index is 11.7. The number of amides is 1. The normalized spacial score (nSPS) is 14.7. The van der Waals surface area contributed by atoms with Crippen LogP contribution in [0.25, 0.3) is 11.4 Å². The van der Waals surface area contributed by atoms with E-state index in [2.05, 4.69) is 25.1 Å². The number of anilines is 1. The molecule has 1 aliphatic rings. The van der Waals surface area contributed by atoms with Gasteiger partial charge in [-0.2, -0.15) is 0 Å². The Morgan fingerprint density at radius 3 is 2.64 bits per heavy atom. The van der Waals surface area contributed by atoms with Crippen molar-refractivity contribution in [1.29, 1.82) is 0 Å². The minimum absolute atomic E-state index is 0.0168. The highest BCUT2D eigenvalue weighted by Gasteiger charge is 2.21. The summed E-state index contributed by atoms with van der Waals surface area (Å²) in [7, 11) is 0. The molecule has 0 spiro atoms. The van der Waals surface area contributed by atoms with Crippen LogP contribution in [-0.2, 0) is 4.79 Å². The number of nitrogens with one attached hydrogen (secondary N) is 1. The van der Waals surface area contributed by atoms with Gasteiger partial charge in [0.1, 0.15) is 5.82 Å². The van der Waals surface area contributed by atoms with E-state index >= 15 is 0 Å². The van der Waals surface area contributed by atoms with Gasteiger partial charge < -0.3 is 10.2 Å². The smallest absolute Gasteiger partial charge is 0.270 e. The fourth-order valence-corrected chi connectivity index (χ4v) is 3.19. The third kappa shape index (κ3) is 4.80. The van der Waals surface area contributed by atoms with Crippen LogP contribution < -0.4 is 10.2 Å². The Morgan fingerprint density at radius 1 is 1.21 bits per heavy atom. The van der Waals surface area contributed by atoms with Gasteiger partial charge in [0, 0.05) is 62.2 Å². The van der Waals surface area contributed by atoms with E-state index in [0.29, 0.717) is 24.5 Å². The summed E-state index contributed by atoms with van der Waals surface area (Å²) in [5.41, 5.74) is 1.44. The highest BCUT2D eigenvalue weighted by molar-refractivity contribution is 5.78. The predicted octanol–water partition coefficient (Wildman–Crippen LogP) is 1.62. The van der Waals surface area contributed by atoms with Crippen LogP contribution in [0.3, 0.4) is 0 Å². The summed E-state index contributed by atoms with van der Waals surface area (Å²) >= 11 is 0. The van der Waals surface area contributed by atoms with Crippen molar-refractivity contribution in [1.82, 2.24) is 20.2 Å². The Balaban J connectivity index is 1.73. The number of aryl methyl sites for hydroxylation is 1. The predicted molar refractivity (Wildman–Crippen MR) is 106 cm³/mol. The molecule has 0 radical (unpaired) electrons. The van der Waals surface area contributed by atoms with Gasteiger partial charge >= 0.3 is 0 Å². The van der Waals surface area contributed by atoms with Crippen LogP contribution in [-0.4, -0.2) is 65.0 Å². The number of benzene rings is 1. The molecule has 1 amide bonds. The maximum absolute atomic E-state index is 11.7. The topological polar surface area (TPSA) is 105 Å². The van der Waals surface area contributed by atoms with Crippen molar-refractivity contribution < 1.29 is 9.72 Å². The first kappa shape index (κ1) is 19.7. The summed E-state index contributed by atoms with van der Waals surface area (Å²) in [5.74, 6) is 1.32. The average Bonchev–Trinajstić information content (AvgIpc) is 2.68. The van der Waals surface area contributed by atoms with Gasteiger partial charge in [0.25, 0.3) is 5.69 Å². The Bertz CT molecular complexity index is 864. The average molecular weight is 384 g/mol. The molecule has 2 aromatic rings. The van der Waals surface area contributed by atoms with Crippen molar-refractivity contribution in [2.45, 2.75) is 13.8 Å². The van der Waals surface area contributed by atoms with E-state index in [-0.39, 0.29) is 11.6 Å². The standard InChI is InChI=1S/C19H24N6O3/c1-3-20-18(26)13-23-7-9-24(10-8-23)17-11-14(2)21-19(22-17)15-5-4-6-16(12-15)25(27)28/h4-6,11-12H,3,7-10,13H2,1-2H3,(H,20,26). The van der Waals surface area contributed by atoms with E-state index in [1.807, 2.05) is 19.9 Å². The molecule has 1 aromatic carbocycles. The molecule has 3 rings (SSSR count). The third-order valence-electron chi connectivity index (χ3n) is 4.59. The lowest BCUT2D eigenvalue weighted by Gasteiger charge is -2.35. The monoisotopic (exact) mass is 384 g/mol. The number of hydrogen-bond acceptors (Lipinski definition) is 7. The number of non-ortho nitro benzene ring substituents is 1. The summed E-state index contributed by atoms with van der Waals surface area (Å²) in [4.78, 5) is 35.7. The third-order valence-corrected chi connectivity index (χ3v) is 4.59. The van der Waals surface area contributed by atoms with Crippen molar-refractivity contribution in [2.24, 2.45) is 0 Å². The van der Waals surface area contributed by atoms with Crippen molar-refractivity contribution in [3.05, 3.63) is 46.1 Å². The zero-order valence-corrected chi connectivity index (χ0v) is 16.1. The maximum Gasteiger partial charge on any atom is 0.270 e. The number of nitro benzene ring substituents is 1. The Labute approximate surface area is 163 Å². The summed E-state index contributed by atoms with van der Waals surface area (Å²) in [5, 5.41) is 13.9. The number of nitrogens with zero attached hydrogens (tertiary/aromatic N) is 5. The van der Waals surface area contributed by atoms with Crippen molar-refractivity contribution in [3.8, 4) is 11.4 Å². The van der Waals surface area contributed by atoms with E-state index < -0.39 is 4.92 Å². The van der Waals surface area contributed by atoms with Crippen molar-refractivity contribution in [3.63, 3.8) is 0 Å². The first-order chi connectivity index (χ1) is 13.5. The lowest BCUT2D eigenvalue weighted by molar-refractivity contribution is -0.384. The zero-order valence-electron chi connectivity index (χ0n) is 16.1. The first-order valence-corrected chi connectivity index (χ1v) is 9.30. The second-order valence-electron chi connectivity index (χ2n) is 6.72. The number of carbonyl (C=O) groups excluding carboxylic acids is 1. The molecule has 2 heterocycles. The van der Waals surface area contributed by atoms with Gasteiger partial charge in [-0.15, -0.1) is 0 Å². The molecule has 1 N–H and O–H groups in total. The number of carbonyl (C=O) groups is 1. The summed E-state index contributed by atoms with van der Waals surface area (Å²) in [6.07, 6.45) is 0. The van der Waals surface area contributed by atoms with E-state index in [0.717, 1.165) is 37.7 Å². The lowest BCUT2D eigenvalue weighted by atomic mass is 10.2. The van der Waals surface area contributed by atoms with Crippen LogP contribution in [0.5, 0.6) is 0 Å². The van der Waals surface area contributed by atoms with Crippen LogP contribution in [0.15, 0.2) is 30.3 Å². The van der Waals surface area contributed by atoms with Gasteiger partial charge in [-0.25, -0.2) is 9.97 Å². The van der Waals surface area contributed by atoms with Crippen LogP contribution in [0.4, 0.5) is 11.5 Å². The molecular weight excluding hydrogens is 360 g/mol. The molecule has 1 aromatic heterocycles. The summed E-state index contributed by atoms with van der Waals surface area (Å²) in [6.45, 7) is 7.89. The molecule has 1 fully saturated rings. The fraction of sp³-hybridized carbons (Fsp3) is 0.421. The van der Waals surface area contributed by atoms with Crippen LogP contribution in [0.2, 0.25) is 0 Å². The summed E-state index contributed by atoms with van der Waals surface area (Å²) < 4.78 is 0. The van der Waals surface area contributed by atoms with Gasteiger partial charge in [0.15, 0.2) is 5.82 Å². The quantitative estimate of drug-likeness (QED) is 0.596. The van der Waals surface area contributed by atoms with E-state index in [1.54, 1.807) is 12.1 Å². The lowest BCUT2D eigenvalue weighted by Crippen LogP contribution is -2.49. The molecule has 0 unspecified atom stereocenters. The zero-order chi connectivity index (χ0) is 20.1. The Kier molecular flexibility index (Phi) is 6.15. The number of aromatic nitrogens is 2. The Morgan fingerprint density at radius 2 is 1.96 bits per heavy atom. The second kappa shape index (κ2) is 8.75.